The zero-order valence-corrected chi connectivity index (χ0v) is 23.6. The number of halogens is 1. The van der Waals surface area contributed by atoms with Crippen molar-refractivity contribution in [2.45, 2.75) is 24.0 Å². The van der Waals surface area contributed by atoms with Crippen molar-refractivity contribution in [3.63, 3.8) is 0 Å². The molecule has 1 aliphatic rings. The van der Waals surface area contributed by atoms with E-state index in [9.17, 15) is 13.3 Å². The Kier molecular flexibility index (Phi) is 7.80. The quantitative estimate of drug-likeness (QED) is 0.402. The second-order valence-corrected chi connectivity index (χ2v) is 15.7. The fourth-order valence-electron chi connectivity index (χ4n) is 4.09. The van der Waals surface area contributed by atoms with Crippen molar-refractivity contribution < 1.29 is 18.0 Å². The maximum Gasteiger partial charge on any atom is 0.256 e. The van der Waals surface area contributed by atoms with Gasteiger partial charge in [0.25, 0.3) is 5.95 Å². The predicted molar refractivity (Wildman–Crippen MR) is 150 cm³/mol. The Morgan fingerprint density at radius 3 is 2.43 bits per heavy atom. The fourth-order valence-corrected chi connectivity index (χ4v) is 6.97. The molecule has 4 rings (SSSR count). The minimum Gasteiger partial charge on any atom is -0.494 e. The smallest absolute Gasteiger partial charge is 0.256 e. The van der Waals surface area contributed by atoms with E-state index in [0.29, 0.717) is 17.1 Å². The van der Waals surface area contributed by atoms with Gasteiger partial charge in [0, 0.05) is 11.8 Å². The lowest BCUT2D eigenvalue weighted by atomic mass is 10.2. The molecule has 0 spiro atoms. The van der Waals surface area contributed by atoms with Crippen LogP contribution in [0.1, 0.15) is 13.8 Å². The van der Waals surface area contributed by atoms with Crippen LogP contribution in [0.25, 0.3) is 0 Å². The monoisotopic (exact) mass is 565 g/mol. The molecule has 0 radical (unpaired) electrons. The van der Waals surface area contributed by atoms with Gasteiger partial charge in [-0.15, -0.1) is 10.2 Å². The number of methoxy groups -OCH3 is 1. The molecule has 3 aromatic rings. The maximum absolute atomic E-state index is 13.3. The average Bonchev–Trinajstić information content (AvgIpc) is 2.86. The molecule has 0 aliphatic carbocycles. The molecule has 3 N–H and O–H groups in total. The van der Waals surface area contributed by atoms with Gasteiger partial charge >= 0.3 is 0 Å². The molecule has 2 aromatic carbocycles. The van der Waals surface area contributed by atoms with E-state index in [1.54, 1.807) is 50.1 Å². The molecule has 1 fully saturated rings. The van der Waals surface area contributed by atoms with Crippen molar-refractivity contribution in [2.75, 3.05) is 54.7 Å². The highest BCUT2D eigenvalue weighted by Crippen LogP contribution is 2.52. The number of para-hydroxylation sites is 1. The van der Waals surface area contributed by atoms with Gasteiger partial charge in [-0.2, -0.15) is 4.98 Å². The molecule has 1 aromatic heterocycles. The lowest BCUT2D eigenvalue weighted by molar-refractivity contribution is 0.416. The Balaban J connectivity index is 1.89. The van der Waals surface area contributed by atoms with Crippen LogP contribution in [-0.4, -0.2) is 72.9 Å². The molecule has 0 unspecified atom stereocenters. The van der Waals surface area contributed by atoms with Crippen LogP contribution in [0.5, 0.6) is 5.75 Å². The number of hydrogen-bond donors (Lipinski definition) is 2. The number of benzene rings is 2. The van der Waals surface area contributed by atoms with Crippen LogP contribution in [0.2, 0.25) is 5.15 Å². The van der Waals surface area contributed by atoms with Crippen LogP contribution in [0.4, 0.5) is 28.8 Å². The first-order valence-electron chi connectivity index (χ1n) is 11.7. The number of hydrogen-bond acceptors (Lipinski definition) is 10. The standard InChI is InChI=1S/C24H31ClN6O4PS/c1-16(2)37(33,34)21-8-6-5-7-19(21)31(24-27-23(26)22(25)28-29-24)18-10-9-17(15-20(18)35-3)30-11-13-36(4,32)14-12-30/h5-10,15-16,32H,11-14H2,1-4H3,(H2,26,27,29)/q+1. The number of nitrogens with two attached hydrogens (primary N) is 1. The number of ether oxygens (including phenoxy) is 1. The topological polar surface area (TPSA) is 135 Å². The predicted octanol–water partition coefficient (Wildman–Crippen LogP) is 4.14. The van der Waals surface area contributed by atoms with Gasteiger partial charge in [-0.3, -0.25) is 9.79 Å². The summed E-state index contributed by atoms with van der Waals surface area (Å²) < 4.78 is 32.4. The molecule has 0 atom stereocenters. The van der Waals surface area contributed by atoms with Crippen molar-refractivity contribution in [1.29, 1.82) is 0 Å². The van der Waals surface area contributed by atoms with Crippen LogP contribution in [0.15, 0.2) is 47.4 Å². The Morgan fingerprint density at radius 1 is 1.14 bits per heavy atom. The Morgan fingerprint density at radius 2 is 1.81 bits per heavy atom. The second kappa shape index (κ2) is 10.6. The Labute approximate surface area is 222 Å². The number of nitrogen functional groups attached to an aromatic ring is 1. The van der Waals surface area contributed by atoms with Crippen molar-refractivity contribution in [3.8, 4) is 5.75 Å². The Bertz CT molecular complexity index is 1400. The van der Waals surface area contributed by atoms with Gasteiger partial charge in [0.2, 0.25) is 0 Å². The van der Waals surface area contributed by atoms with E-state index >= 15 is 0 Å². The number of rotatable bonds is 7. The van der Waals surface area contributed by atoms with E-state index in [4.69, 9.17) is 22.1 Å². The third kappa shape index (κ3) is 5.60. The van der Waals surface area contributed by atoms with Gasteiger partial charge in [0.1, 0.15) is 25.6 Å². The number of aromatic nitrogens is 3. The Hall–Kier alpha value is -2.72. The van der Waals surface area contributed by atoms with Gasteiger partial charge in [-0.05, 0) is 38.1 Å². The summed E-state index contributed by atoms with van der Waals surface area (Å²) in [5.74, 6) is 0.469. The van der Waals surface area contributed by atoms with Gasteiger partial charge in [0.15, 0.2) is 20.8 Å². The molecule has 0 saturated carbocycles. The summed E-state index contributed by atoms with van der Waals surface area (Å²) in [7, 11) is -3.99. The lowest BCUT2D eigenvalue weighted by Gasteiger charge is -2.33. The fraction of sp³-hybridized carbons (Fsp3) is 0.375. The second-order valence-electron chi connectivity index (χ2n) is 9.31. The molecular formula is C24H31ClN6O4PS+. The molecule has 2 heterocycles. The normalized spacial score (nSPS) is 15.6. The third-order valence-corrected chi connectivity index (χ3v) is 11.2. The first-order valence-corrected chi connectivity index (χ1v) is 16.2. The average molecular weight is 566 g/mol. The summed E-state index contributed by atoms with van der Waals surface area (Å²) in [5.41, 5.74) is 7.70. The summed E-state index contributed by atoms with van der Waals surface area (Å²) in [6.07, 6.45) is 1.51. The molecular weight excluding hydrogens is 535 g/mol. The molecule has 10 nitrogen and oxygen atoms in total. The summed E-state index contributed by atoms with van der Waals surface area (Å²) in [6.45, 7) is 6.69. The lowest BCUT2D eigenvalue weighted by Crippen LogP contribution is -2.36. The summed E-state index contributed by atoms with van der Waals surface area (Å²) in [5, 5.41) is 7.32. The minimum atomic E-state index is -3.69. The van der Waals surface area contributed by atoms with Crippen LogP contribution in [0, 0.1) is 0 Å². The largest absolute Gasteiger partial charge is 0.494 e. The molecule has 13 heteroatoms. The zero-order valence-electron chi connectivity index (χ0n) is 21.2. The van der Waals surface area contributed by atoms with Gasteiger partial charge in [0.05, 0.1) is 48.4 Å². The minimum absolute atomic E-state index is 0.0400. The number of nitrogens with zero attached hydrogens (tertiary/aromatic N) is 5. The van der Waals surface area contributed by atoms with Crippen molar-refractivity contribution >= 4 is 57.8 Å². The summed E-state index contributed by atoms with van der Waals surface area (Å²) >= 11 is 5.99. The molecule has 0 bridgehead atoms. The van der Waals surface area contributed by atoms with Crippen molar-refractivity contribution in [2.24, 2.45) is 0 Å². The van der Waals surface area contributed by atoms with Crippen LogP contribution < -0.4 is 20.3 Å². The van der Waals surface area contributed by atoms with Crippen molar-refractivity contribution in [3.05, 3.63) is 47.6 Å². The van der Waals surface area contributed by atoms with E-state index in [0.717, 1.165) is 31.1 Å². The van der Waals surface area contributed by atoms with Gasteiger partial charge in [-0.1, -0.05) is 23.7 Å². The summed E-state index contributed by atoms with van der Waals surface area (Å²) in [4.78, 5) is 18.6. The zero-order chi connectivity index (χ0) is 27.0. The number of anilines is 5. The first kappa shape index (κ1) is 27.3. The molecule has 37 heavy (non-hydrogen) atoms. The van der Waals surface area contributed by atoms with E-state index in [2.05, 4.69) is 20.1 Å². The van der Waals surface area contributed by atoms with E-state index in [1.165, 1.54) is 0 Å². The molecule has 0 amide bonds. The molecule has 1 saturated heterocycles. The van der Waals surface area contributed by atoms with Crippen LogP contribution >= 0.6 is 19.1 Å². The van der Waals surface area contributed by atoms with Gasteiger partial charge < -0.3 is 15.4 Å². The van der Waals surface area contributed by atoms with E-state index in [1.807, 2.05) is 24.9 Å². The summed E-state index contributed by atoms with van der Waals surface area (Å²) in [6, 6.07) is 12.3. The highest BCUT2D eigenvalue weighted by atomic mass is 35.5. The highest BCUT2D eigenvalue weighted by Gasteiger charge is 2.35. The van der Waals surface area contributed by atoms with Gasteiger partial charge in [-0.25, -0.2) is 8.42 Å². The van der Waals surface area contributed by atoms with Crippen molar-refractivity contribution in [1.82, 2.24) is 15.2 Å². The van der Waals surface area contributed by atoms with Crippen LogP contribution in [0.3, 0.4) is 0 Å². The van der Waals surface area contributed by atoms with Crippen LogP contribution in [-0.2, 0) is 9.84 Å². The maximum atomic E-state index is 13.3. The van der Waals surface area contributed by atoms with E-state index in [-0.39, 0.29) is 21.8 Å². The molecule has 1 aliphatic heterocycles. The SMILES string of the molecule is COc1cc(N2CC[P+](C)(O)CC2)ccc1N(c1nnc(Cl)c(N)n1)c1ccccc1S(=O)(=O)C(C)C. The first-order chi connectivity index (χ1) is 17.4. The highest BCUT2D eigenvalue weighted by molar-refractivity contribution is 7.92. The molecule has 198 valence electrons. The number of sulfone groups is 1. The third-order valence-electron chi connectivity index (χ3n) is 6.36. The van der Waals surface area contributed by atoms with E-state index < -0.39 is 22.6 Å².